The Morgan fingerprint density at radius 3 is 2.29 bits per heavy atom. The molecule has 0 spiro atoms. The summed E-state index contributed by atoms with van der Waals surface area (Å²) in [5, 5.41) is 0.942. The third kappa shape index (κ3) is 4.27. The van der Waals surface area contributed by atoms with Crippen molar-refractivity contribution in [3.05, 3.63) is 66.2 Å². The quantitative estimate of drug-likeness (QED) is 0.450. The van der Waals surface area contributed by atoms with Crippen molar-refractivity contribution in [3.63, 3.8) is 0 Å². The maximum Gasteiger partial charge on any atom is 0.256 e. The largest absolute Gasteiger partial charge is 0.491 e. The predicted octanol–water partition coefficient (Wildman–Crippen LogP) is 3.77. The van der Waals surface area contributed by atoms with Gasteiger partial charge >= 0.3 is 0 Å². The molecule has 0 fully saturated rings. The monoisotopic (exact) mass is 457 g/mol. The van der Waals surface area contributed by atoms with E-state index >= 15 is 0 Å². The van der Waals surface area contributed by atoms with Gasteiger partial charge in [0, 0.05) is 28.4 Å². The Bertz CT molecular complexity index is 1350. The van der Waals surface area contributed by atoms with Crippen molar-refractivity contribution in [1.82, 2.24) is 19.9 Å². The van der Waals surface area contributed by atoms with Crippen LogP contribution in [0.4, 0.5) is 0 Å². The van der Waals surface area contributed by atoms with Crippen LogP contribution in [0.3, 0.4) is 0 Å². The Kier molecular flexibility index (Phi) is 6.43. The Balaban J connectivity index is 1.88. The molecular weight excluding hydrogens is 430 g/mol. The number of amides is 1. The van der Waals surface area contributed by atoms with Gasteiger partial charge in [0.05, 0.1) is 19.7 Å². The van der Waals surface area contributed by atoms with E-state index in [1.165, 1.54) is 0 Å². The number of aromatic nitrogens is 3. The van der Waals surface area contributed by atoms with Crippen LogP contribution in [0.1, 0.15) is 17.3 Å². The van der Waals surface area contributed by atoms with Crippen molar-refractivity contribution < 1.29 is 14.3 Å². The molecule has 0 aliphatic carbocycles. The second-order valence-corrected chi connectivity index (χ2v) is 8.21. The van der Waals surface area contributed by atoms with Gasteiger partial charge in [0.1, 0.15) is 12.4 Å². The van der Waals surface area contributed by atoms with E-state index in [-0.39, 0.29) is 0 Å². The van der Waals surface area contributed by atoms with Gasteiger partial charge in [-0.15, -0.1) is 0 Å². The first kappa shape index (κ1) is 23.1. The van der Waals surface area contributed by atoms with Crippen LogP contribution in [0.15, 0.2) is 55.0 Å². The number of carbonyl (C=O) groups is 1. The number of likely N-dealkylation sites (N-methyl/N-ethyl adjacent to an activating group) is 1. The van der Waals surface area contributed by atoms with Crippen molar-refractivity contribution in [2.75, 3.05) is 28.3 Å². The number of nitrogens with zero attached hydrogens (tertiary/aromatic N) is 4. The average molecular weight is 458 g/mol. The van der Waals surface area contributed by atoms with Crippen molar-refractivity contribution >= 4 is 16.8 Å². The number of rotatable bonds is 7. The molecule has 2 N–H and O–H groups in total. The highest BCUT2D eigenvalue weighted by Gasteiger charge is 2.20. The minimum absolute atomic E-state index is 0.394. The van der Waals surface area contributed by atoms with Crippen LogP contribution in [-0.2, 0) is 4.79 Å². The number of benzene rings is 2. The van der Waals surface area contributed by atoms with Gasteiger partial charge in [-0.25, -0.2) is 15.0 Å². The van der Waals surface area contributed by atoms with Gasteiger partial charge in [-0.3, -0.25) is 9.69 Å². The number of fused-ring (bicyclic) bond motifs is 1. The van der Waals surface area contributed by atoms with Gasteiger partial charge in [-0.1, -0.05) is 24.3 Å². The topological polar surface area (TPSA) is 103 Å². The van der Waals surface area contributed by atoms with Gasteiger partial charge in [0.15, 0.2) is 5.75 Å². The van der Waals surface area contributed by atoms with Crippen LogP contribution in [0.5, 0.6) is 11.6 Å². The van der Waals surface area contributed by atoms with Crippen LogP contribution in [-0.4, -0.2) is 54.1 Å². The first-order valence-electron chi connectivity index (χ1n) is 10.7. The number of primary amides is 1. The number of ether oxygens (including phenoxy) is 2. The molecule has 0 bridgehead atoms. The molecule has 1 unspecified atom stereocenters. The van der Waals surface area contributed by atoms with E-state index in [0.29, 0.717) is 11.6 Å². The molecule has 0 radical (unpaired) electrons. The summed E-state index contributed by atoms with van der Waals surface area (Å²) >= 11 is 0. The molecule has 0 saturated carbocycles. The molecule has 2 aromatic carbocycles. The van der Waals surface area contributed by atoms with Crippen LogP contribution in [0.2, 0.25) is 0 Å². The fraction of sp³-hybridized carbons (Fsp3) is 0.231. The maximum absolute atomic E-state index is 11.9. The molecule has 2 aromatic heterocycles. The summed E-state index contributed by atoms with van der Waals surface area (Å²) in [5.74, 6) is 0.579. The first-order valence-corrected chi connectivity index (χ1v) is 10.7. The molecule has 4 rings (SSSR count). The zero-order chi connectivity index (χ0) is 24.4. The van der Waals surface area contributed by atoms with Crippen LogP contribution < -0.4 is 15.2 Å². The summed E-state index contributed by atoms with van der Waals surface area (Å²) in [5.41, 5.74) is 11.9. The van der Waals surface area contributed by atoms with Crippen LogP contribution in [0, 0.1) is 6.92 Å². The minimum atomic E-state index is -0.500. The molecule has 0 aliphatic heterocycles. The predicted molar refractivity (Wildman–Crippen MR) is 132 cm³/mol. The standard InChI is InChI=1S/C26H27N5O3/c1-15-20-10-18(19-12-22(33-4)26(34-5)28-13-19)11-21(23(20)30-14-29-15)16-6-8-17(9-7-16)24(25(27)32)31(2)3/h6-14,24H,1-5H3,(H2,27,32). The van der Waals surface area contributed by atoms with Crippen molar-refractivity contribution in [1.29, 1.82) is 0 Å². The lowest BCUT2D eigenvalue weighted by molar-refractivity contribution is -0.122. The molecule has 0 aliphatic rings. The Labute approximate surface area is 198 Å². The van der Waals surface area contributed by atoms with E-state index in [9.17, 15) is 4.79 Å². The summed E-state index contributed by atoms with van der Waals surface area (Å²) < 4.78 is 10.7. The molecule has 1 amide bonds. The molecule has 4 aromatic rings. The van der Waals surface area contributed by atoms with Gasteiger partial charge in [-0.2, -0.15) is 0 Å². The molecule has 34 heavy (non-hydrogen) atoms. The zero-order valence-corrected chi connectivity index (χ0v) is 19.9. The average Bonchev–Trinajstić information content (AvgIpc) is 2.83. The lowest BCUT2D eigenvalue weighted by Crippen LogP contribution is -2.32. The van der Waals surface area contributed by atoms with Gasteiger partial charge in [-0.05, 0) is 55.9 Å². The lowest BCUT2D eigenvalue weighted by Gasteiger charge is -2.21. The number of hydrogen-bond donors (Lipinski definition) is 1. The highest BCUT2D eigenvalue weighted by molar-refractivity contribution is 5.98. The molecule has 8 heteroatoms. The van der Waals surface area contributed by atoms with E-state index in [1.54, 1.807) is 31.6 Å². The molecular formula is C26H27N5O3. The third-order valence-electron chi connectivity index (χ3n) is 5.83. The number of hydrogen-bond acceptors (Lipinski definition) is 7. The fourth-order valence-electron chi connectivity index (χ4n) is 4.13. The van der Waals surface area contributed by atoms with Crippen molar-refractivity contribution in [3.8, 4) is 33.9 Å². The summed E-state index contributed by atoms with van der Waals surface area (Å²) in [6.07, 6.45) is 3.32. The number of pyridine rings is 1. The van der Waals surface area contributed by atoms with Crippen LogP contribution >= 0.6 is 0 Å². The number of methoxy groups -OCH3 is 2. The second-order valence-electron chi connectivity index (χ2n) is 8.21. The van der Waals surface area contributed by atoms with E-state index in [1.807, 2.05) is 51.4 Å². The van der Waals surface area contributed by atoms with Gasteiger partial charge < -0.3 is 15.2 Å². The summed E-state index contributed by atoms with van der Waals surface area (Å²) in [6.45, 7) is 1.96. The Morgan fingerprint density at radius 2 is 1.68 bits per heavy atom. The minimum Gasteiger partial charge on any atom is -0.491 e. The smallest absolute Gasteiger partial charge is 0.256 e. The summed E-state index contributed by atoms with van der Waals surface area (Å²) in [6, 6.07) is 13.3. The van der Waals surface area contributed by atoms with E-state index < -0.39 is 11.9 Å². The molecule has 8 nitrogen and oxygen atoms in total. The molecule has 1 atom stereocenters. The fourth-order valence-corrected chi connectivity index (χ4v) is 4.13. The molecule has 2 heterocycles. The number of carbonyl (C=O) groups excluding carboxylic acids is 1. The summed E-state index contributed by atoms with van der Waals surface area (Å²) in [7, 11) is 6.80. The summed E-state index contributed by atoms with van der Waals surface area (Å²) in [4.78, 5) is 27.1. The Hall–Kier alpha value is -4.04. The van der Waals surface area contributed by atoms with Gasteiger partial charge in [0.2, 0.25) is 5.91 Å². The number of nitrogens with two attached hydrogens (primary N) is 1. The first-order chi connectivity index (χ1) is 16.3. The second kappa shape index (κ2) is 9.44. The van der Waals surface area contributed by atoms with Gasteiger partial charge in [0.25, 0.3) is 5.88 Å². The molecule has 174 valence electrons. The van der Waals surface area contributed by atoms with E-state index in [2.05, 4.69) is 27.1 Å². The Morgan fingerprint density at radius 1 is 0.941 bits per heavy atom. The highest BCUT2D eigenvalue weighted by atomic mass is 16.5. The number of aryl methyl sites for hydroxylation is 1. The third-order valence-corrected chi connectivity index (χ3v) is 5.83. The van der Waals surface area contributed by atoms with E-state index in [0.717, 1.165) is 44.4 Å². The highest BCUT2D eigenvalue weighted by Crippen LogP contribution is 2.36. The van der Waals surface area contributed by atoms with Crippen molar-refractivity contribution in [2.24, 2.45) is 5.73 Å². The van der Waals surface area contributed by atoms with Crippen LogP contribution in [0.25, 0.3) is 33.2 Å². The normalized spacial score (nSPS) is 12.1. The maximum atomic E-state index is 11.9. The zero-order valence-electron chi connectivity index (χ0n) is 19.9. The van der Waals surface area contributed by atoms with E-state index in [4.69, 9.17) is 15.2 Å². The SMILES string of the molecule is COc1cc(-c2cc(-c3ccc(C(C(N)=O)N(C)C)cc3)c3ncnc(C)c3c2)cnc1OC. The molecule has 0 saturated heterocycles. The van der Waals surface area contributed by atoms with Crippen molar-refractivity contribution in [2.45, 2.75) is 13.0 Å². The lowest BCUT2D eigenvalue weighted by atomic mass is 9.94.